The van der Waals surface area contributed by atoms with Crippen LogP contribution in [0.2, 0.25) is 0 Å². The van der Waals surface area contributed by atoms with E-state index in [-0.39, 0.29) is 5.75 Å². The number of phenolic OH excluding ortho intramolecular Hbond substituents is 1. The third-order valence-corrected chi connectivity index (χ3v) is 1.42. The first-order valence-electron chi connectivity index (χ1n) is 3.59. The first kappa shape index (κ1) is 8.74. The molecule has 0 bridgehead atoms. The molecule has 0 atom stereocenters. The molecular weight excluding hydrogens is 157 g/mol. The maximum Gasteiger partial charge on any atom is 0.134 e. The standard InChI is InChI=1S/C9H10FNO/c10-9-6-8(12)4-3-7(9)2-1-5-11/h1-4,6,12H,5,11H2/b2-1+. The van der Waals surface area contributed by atoms with E-state index in [1.165, 1.54) is 12.1 Å². The molecule has 3 heteroatoms. The first-order chi connectivity index (χ1) is 5.74. The van der Waals surface area contributed by atoms with E-state index in [1.54, 1.807) is 12.2 Å². The Labute approximate surface area is 70.1 Å². The molecule has 64 valence electrons. The minimum atomic E-state index is -0.445. The smallest absolute Gasteiger partial charge is 0.134 e. The summed E-state index contributed by atoms with van der Waals surface area (Å²) in [5, 5.41) is 8.87. The van der Waals surface area contributed by atoms with Crippen LogP contribution in [0.4, 0.5) is 4.39 Å². The third-order valence-electron chi connectivity index (χ3n) is 1.42. The van der Waals surface area contributed by atoms with Gasteiger partial charge in [-0.15, -0.1) is 0 Å². The average molecular weight is 167 g/mol. The van der Waals surface area contributed by atoms with Gasteiger partial charge in [-0.3, -0.25) is 0 Å². The van der Waals surface area contributed by atoms with Crippen molar-refractivity contribution in [2.45, 2.75) is 0 Å². The maximum atomic E-state index is 12.9. The lowest BCUT2D eigenvalue weighted by Gasteiger charge is -1.96. The van der Waals surface area contributed by atoms with Crippen molar-refractivity contribution in [1.82, 2.24) is 0 Å². The number of hydrogen-bond acceptors (Lipinski definition) is 2. The Hall–Kier alpha value is -1.35. The Bertz CT molecular complexity index is 297. The van der Waals surface area contributed by atoms with E-state index in [0.29, 0.717) is 12.1 Å². The molecule has 0 fully saturated rings. The average Bonchev–Trinajstić information content (AvgIpc) is 2.03. The molecule has 2 nitrogen and oxygen atoms in total. The second-order valence-electron chi connectivity index (χ2n) is 2.34. The van der Waals surface area contributed by atoms with E-state index in [1.807, 2.05) is 0 Å². The molecule has 0 unspecified atom stereocenters. The summed E-state index contributed by atoms with van der Waals surface area (Å²) in [6.07, 6.45) is 3.23. The van der Waals surface area contributed by atoms with Crippen LogP contribution in [0.25, 0.3) is 6.08 Å². The molecule has 0 saturated heterocycles. The second-order valence-corrected chi connectivity index (χ2v) is 2.34. The van der Waals surface area contributed by atoms with Gasteiger partial charge in [0, 0.05) is 18.2 Å². The van der Waals surface area contributed by atoms with Crippen LogP contribution in [0.5, 0.6) is 5.75 Å². The Morgan fingerprint density at radius 2 is 2.25 bits per heavy atom. The molecule has 0 amide bonds. The number of aromatic hydroxyl groups is 1. The Balaban J connectivity index is 2.94. The summed E-state index contributed by atoms with van der Waals surface area (Å²) in [5.74, 6) is -0.517. The maximum absolute atomic E-state index is 12.9. The zero-order valence-electron chi connectivity index (χ0n) is 6.50. The number of halogens is 1. The number of nitrogens with two attached hydrogens (primary N) is 1. The van der Waals surface area contributed by atoms with Crippen molar-refractivity contribution in [2.24, 2.45) is 5.73 Å². The first-order valence-corrected chi connectivity index (χ1v) is 3.59. The predicted octanol–water partition coefficient (Wildman–Crippen LogP) is 1.50. The highest BCUT2D eigenvalue weighted by Crippen LogP contribution is 2.15. The molecule has 1 aromatic rings. The molecule has 3 N–H and O–H groups in total. The van der Waals surface area contributed by atoms with Gasteiger partial charge in [0.05, 0.1) is 0 Å². The predicted molar refractivity (Wildman–Crippen MR) is 46.2 cm³/mol. The summed E-state index contributed by atoms with van der Waals surface area (Å²) in [6.45, 7) is 0.375. The van der Waals surface area contributed by atoms with Crippen LogP contribution in [0.15, 0.2) is 24.3 Å². The Morgan fingerprint density at radius 1 is 1.50 bits per heavy atom. The molecule has 0 radical (unpaired) electrons. The van der Waals surface area contributed by atoms with Crippen LogP contribution in [-0.2, 0) is 0 Å². The minimum Gasteiger partial charge on any atom is -0.508 e. The number of hydrogen-bond donors (Lipinski definition) is 2. The van der Waals surface area contributed by atoms with Crippen LogP contribution in [0.3, 0.4) is 0 Å². The molecule has 0 aromatic heterocycles. The molecule has 0 saturated carbocycles. The van der Waals surface area contributed by atoms with Crippen molar-refractivity contribution in [3.63, 3.8) is 0 Å². The summed E-state index contributed by atoms with van der Waals surface area (Å²) in [7, 11) is 0. The molecule has 0 aliphatic rings. The highest BCUT2D eigenvalue weighted by molar-refractivity contribution is 5.51. The topological polar surface area (TPSA) is 46.2 Å². The van der Waals surface area contributed by atoms with Gasteiger partial charge in [0.2, 0.25) is 0 Å². The molecule has 1 aromatic carbocycles. The Morgan fingerprint density at radius 3 is 2.83 bits per heavy atom. The lowest BCUT2D eigenvalue weighted by atomic mass is 10.2. The normalized spacial score (nSPS) is 10.8. The van der Waals surface area contributed by atoms with Crippen LogP contribution in [-0.4, -0.2) is 11.7 Å². The van der Waals surface area contributed by atoms with Gasteiger partial charge in [-0.25, -0.2) is 4.39 Å². The zero-order valence-corrected chi connectivity index (χ0v) is 6.50. The number of phenols is 1. The van der Waals surface area contributed by atoms with Crippen molar-refractivity contribution < 1.29 is 9.50 Å². The van der Waals surface area contributed by atoms with Crippen molar-refractivity contribution in [3.05, 3.63) is 35.7 Å². The van der Waals surface area contributed by atoms with Gasteiger partial charge in [-0.2, -0.15) is 0 Å². The summed E-state index contributed by atoms with van der Waals surface area (Å²) in [5.41, 5.74) is 5.63. The van der Waals surface area contributed by atoms with Gasteiger partial charge in [0.1, 0.15) is 11.6 Å². The van der Waals surface area contributed by atoms with Gasteiger partial charge in [0.15, 0.2) is 0 Å². The van der Waals surface area contributed by atoms with Crippen LogP contribution in [0.1, 0.15) is 5.56 Å². The minimum absolute atomic E-state index is 0.0719. The van der Waals surface area contributed by atoms with E-state index < -0.39 is 5.82 Å². The van der Waals surface area contributed by atoms with Crippen LogP contribution >= 0.6 is 0 Å². The summed E-state index contributed by atoms with van der Waals surface area (Å²) in [6, 6.07) is 3.99. The van der Waals surface area contributed by atoms with Gasteiger partial charge < -0.3 is 10.8 Å². The third kappa shape index (κ3) is 2.07. The van der Waals surface area contributed by atoms with Crippen molar-refractivity contribution in [3.8, 4) is 5.75 Å². The zero-order chi connectivity index (χ0) is 8.97. The molecule has 0 aliphatic heterocycles. The van der Waals surface area contributed by atoms with Gasteiger partial charge in [-0.1, -0.05) is 12.2 Å². The molecule has 1 rings (SSSR count). The fourth-order valence-corrected chi connectivity index (χ4v) is 0.846. The lowest BCUT2D eigenvalue weighted by molar-refractivity contribution is 0.469. The van der Waals surface area contributed by atoms with E-state index >= 15 is 0 Å². The molecule has 12 heavy (non-hydrogen) atoms. The fourth-order valence-electron chi connectivity index (χ4n) is 0.846. The van der Waals surface area contributed by atoms with Crippen LogP contribution < -0.4 is 5.73 Å². The lowest BCUT2D eigenvalue weighted by Crippen LogP contribution is -1.92. The van der Waals surface area contributed by atoms with Gasteiger partial charge >= 0.3 is 0 Å². The Kier molecular flexibility index (Phi) is 2.82. The van der Waals surface area contributed by atoms with Crippen LogP contribution in [0, 0.1) is 5.82 Å². The molecule has 0 aliphatic carbocycles. The molecule has 0 heterocycles. The molecular formula is C9H10FNO. The monoisotopic (exact) mass is 167 g/mol. The number of rotatable bonds is 2. The van der Waals surface area contributed by atoms with Gasteiger partial charge in [-0.05, 0) is 12.1 Å². The highest BCUT2D eigenvalue weighted by Gasteiger charge is 1.98. The fraction of sp³-hybridized carbons (Fsp3) is 0.111. The van der Waals surface area contributed by atoms with Gasteiger partial charge in [0.25, 0.3) is 0 Å². The number of benzene rings is 1. The molecule has 0 spiro atoms. The second kappa shape index (κ2) is 3.88. The van der Waals surface area contributed by atoms with E-state index in [0.717, 1.165) is 6.07 Å². The summed E-state index contributed by atoms with van der Waals surface area (Å²) in [4.78, 5) is 0. The van der Waals surface area contributed by atoms with E-state index in [9.17, 15) is 4.39 Å². The highest BCUT2D eigenvalue weighted by atomic mass is 19.1. The van der Waals surface area contributed by atoms with Crippen molar-refractivity contribution in [2.75, 3.05) is 6.54 Å². The largest absolute Gasteiger partial charge is 0.508 e. The van der Waals surface area contributed by atoms with Crippen molar-refractivity contribution >= 4 is 6.08 Å². The summed E-state index contributed by atoms with van der Waals surface area (Å²) >= 11 is 0. The SMILES string of the molecule is NC/C=C/c1ccc(O)cc1F. The quantitative estimate of drug-likeness (QED) is 0.701. The van der Waals surface area contributed by atoms with E-state index in [2.05, 4.69) is 0 Å². The summed E-state index contributed by atoms with van der Waals surface area (Å²) < 4.78 is 12.9. The van der Waals surface area contributed by atoms with E-state index in [4.69, 9.17) is 10.8 Å². The van der Waals surface area contributed by atoms with Crippen molar-refractivity contribution in [1.29, 1.82) is 0 Å².